The number of unbranched alkanes of at least 4 members (excludes halogenated alkanes) is 1. The van der Waals surface area contributed by atoms with E-state index in [1.807, 2.05) is 12.1 Å². The van der Waals surface area contributed by atoms with E-state index in [-0.39, 0.29) is 5.56 Å². The number of aryl methyl sites for hydroxylation is 2. The van der Waals surface area contributed by atoms with Crippen molar-refractivity contribution in [2.75, 3.05) is 7.11 Å². The lowest BCUT2D eigenvalue weighted by atomic mass is 9.93. The van der Waals surface area contributed by atoms with Gasteiger partial charge in [0.05, 0.1) is 18.8 Å². The smallest absolute Gasteiger partial charge is 0.262 e. The quantitative estimate of drug-likeness (QED) is 0.657. The predicted molar refractivity (Wildman–Crippen MR) is 114 cm³/mol. The Hall–Kier alpha value is -2.18. The van der Waals surface area contributed by atoms with Gasteiger partial charge in [-0.2, -0.15) is 0 Å². The second-order valence-corrected chi connectivity index (χ2v) is 8.53. The van der Waals surface area contributed by atoms with E-state index in [2.05, 4.69) is 29.4 Å². The molecule has 3 aromatic rings. The minimum absolute atomic E-state index is 0.139. The first-order chi connectivity index (χ1) is 13.7. The summed E-state index contributed by atoms with van der Waals surface area (Å²) in [5.74, 6) is 0.883. The second kappa shape index (κ2) is 8.45. The number of hydrogen-bond donors (Lipinski definition) is 1. The molecule has 148 valence electrons. The lowest BCUT2D eigenvalue weighted by Crippen LogP contribution is -2.33. The number of methoxy groups -OCH3 is 1. The Balaban J connectivity index is 1.48. The van der Waals surface area contributed by atoms with Gasteiger partial charge < -0.3 is 10.1 Å². The van der Waals surface area contributed by atoms with Crippen molar-refractivity contribution in [1.29, 1.82) is 0 Å². The summed E-state index contributed by atoms with van der Waals surface area (Å²) in [6, 6.07) is 8.63. The highest BCUT2D eigenvalue weighted by molar-refractivity contribution is 7.18. The van der Waals surface area contributed by atoms with Gasteiger partial charge in [-0.15, -0.1) is 11.3 Å². The first kappa shape index (κ1) is 19.2. The fourth-order valence-electron chi connectivity index (χ4n) is 3.87. The van der Waals surface area contributed by atoms with E-state index < -0.39 is 0 Å². The van der Waals surface area contributed by atoms with Gasteiger partial charge in [0, 0.05) is 24.0 Å². The third-order valence-electron chi connectivity index (χ3n) is 5.54. The van der Waals surface area contributed by atoms with Crippen LogP contribution in [-0.2, 0) is 25.9 Å². The molecular formula is C22H27N3O2S. The Morgan fingerprint density at radius 1 is 1.32 bits per heavy atom. The maximum Gasteiger partial charge on any atom is 0.262 e. The SMILES string of the molecule is CCCCn1cnc2sc3c(c2c1=O)CC[C@@H](NCc1ccc(OC)cc1)C3. The van der Waals surface area contributed by atoms with Crippen LogP contribution in [0.4, 0.5) is 0 Å². The molecular weight excluding hydrogens is 370 g/mol. The number of hydrogen-bond acceptors (Lipinski definition) is 5. The van der Waals surface area contributed by atoms with Gasteiger partial charge in [0.2, 0.25) is 0 Å². The van der Waals surface area contributed by atoms with Crippen molar-refractivity contribution in [1.82, 2.24) is 14.9 Å². The molecule has 5 nitrogen and oxygen atoms in total. The molecule has 2 aromatic heterocycles. The molecule has 6 heteroatoms. The van der Waals surface area contributed by atoms with E-state index in [0.717, 1.165) is 61.2 Å². The van der Waals surface area contributed by atoms with Crippen LogP contribution in [0.15, 0.2) is 35.4 Å². The lowest BCUT2D eigenvalue weighted by molar-refractivity contribution is 0.414. The molecule has 0 bridgehead atoms. The van der Waals surface area contributed by atoms with E-state index in [1.54, 1.807) is 29.3 Å². The van der Waals surface area contributed by atoms with Crippen molar-refractivity contribution >= 4 is 21.6 Å². The first-order valence-corrected chi connectivity index (χ1v) is 10.9. The van der Waals surface area contributed by atoms with Gasteiger partial charge in [-0.25, -0.2) is 4.98 Å². The predicted octanol–water partition coefficient (Wildman–Crippen LogP) is 3.91. The molecule has 0 spiro atoms. The van der Waals surface area contributed by atoms with Crippen LogP contribution in [-0.4, -0.2) is 22.7 Å². The molecule has 4 rings (SSSR count). The van der Waals surface area contributed by atoms with Crippen LogP contribution in [0.5, 0.6) is 5.75 Å². The van der Waals surface area contributed by atoms with Crippen LogP contribution in [0, 0.1) is 0 Å². The highest BCUT2D eigenvalue weighted by Gasteiger charge is 2.25. The van der Waals surface area contributed by atoms with Gasteiger partial charge in [-0.1, -0.05) is 25.5 Å². The van der Waals surface area contributed by atoms with Gasteiger partial charge in [0.25, 0.3) is 5.56 Å². The molecule has 0 radical (unpaired) electrons. The Labute approximate surface area is 169 Å². The summed E-state index contributed by atoms with van der Waals surface area (Å²) in [4.78, 5) is 19.7. The Morgan fingerprint density at radius 2 is 2.14 bits per heavy atom. The molecule has 0 amide bonds. The van der Waals surface area contributed by atoms with Crippen LogP contribution in [0.25, 0.3) is 10.2 Å². The van der Waals surface area contributed by atoms with Crippen molar-refractivity contribution in [3.05, 3.63) is 57.0 Å². The van der Waals surface area contributed by atoms with Crippen molar-refractivity contribution in [3.8, 4) is 5.75 Å². The zero-order valence-electron chi connectivity index (χ0n) is 16.5. The number of aromatic nitrogens is 2. The van der Waals surface area contributed by atoms with Crippen LogP contribution in [0.1, 0.15) is 42.2 Å². The van der Waals surface area contributed by atoms with Crippen molar-refractivity contribution in [2.45, 2.75) is 58.2 Å². The topological polar surface area (TPSA) is 56.2 Å². The maximum atomic E-state index is 12.9. The number of rotatable bonds is 7. The van der Waals surface area contributed by atoms with Crippen molar-refractivity contribution < 1.29 is 4.74 Å². The number of thiophene rings is 1. The monoisotopic (exact) mass is 397 g/mol. The number of nitrogens with one attached hydrogen (secondary N) is 1. The summed E-state index contributed by atoms with van der Waals surface area (Å²) in [7, 11) is 1.69. The highest BCUT2D eigenvalue weighted by atomic mass is 32.1. The lowest BCUT2D eigenvalue weighted by Gasteiger charge is -2.23. The van der Waals surface area contributed by atoms with Crippen LogP contribution < -0.4 is 15.6 Å². The van der Waals surface area contributed by atoms with Gasteiger partial charge in [0.15, 0.2) is 0 Å². The Bertz CT molecular complexity index is 1010. The third-order valence-corrected chi connectivity index (χ3v) is 6.70. The van der Waals surface area contributed by atoms with Gasteiger partial charge >= 0.3 is 0 Å². The van der Waals surface area contributed by atoms with Crippen LogP contribution in [0.2, 0.25) is 0 Å². The van der Waals surface area contributed by atoms with E-state index in [1.165, 1.54) is 16.0 Å². The summed E-state index contributed by atoms with van der Waals surface area (Å²) in [6.07, 6.45) is 6.79. The standard InChI is InChI=1S/C22H27N3O2S/c1-3-4-11-25-14-24-21-20(22(25)26)18-10-7-16(12-19(18)28-21)23-13-15-5-8-17(27-2)9-6-15/h5-6,8-9,14,16,23H,3-4,7,10-13H2,1-2H3/t16-/m1/s1. The summed E-state index contributed by atoms with van der Waals surface area (Å²) >= 11 is 1.70. The average Bonchev–Trinajstić information content (AvgIpc) is 3.10. The zero-order valence-corrected chi connectivity index (χ0v) is 17.3. The molecule has 1 atom stereocenters. The molecule has 1 N–H and O–H groups in total. The molecule has 0 saturated carbocycles. The van der Waals surface area contributed by atoms with Crippen molar-refractivity contribution in [3.63, 3.8) is 0 Å². The molecule has 1 aliphatic carbocycles. The fourth-order valence-corrected chi connectivity index (χ4v) is 5.13. The molecule has 0 unspecified atom stereocenters. The number of nitrogens with zero attached hydrogens (tertiary/aromatic N) is 2. The van der Waals surface area contributed by atoms with Crippen LogP contribution in [0.3, 0.4) is 0 Å². The van der Waals surface area contributed by atoms with E-state index in [0.29, 0.717) is 6.04 Å². The first-order valence-electron chi connectivity index (χ1n) is 10.1. The van der Waals surface area contributed by atoms with Crippen LogP contribution >= 0.6 is 11.3 Å². The third kappa shape index (κ3) is 3.84. The molecule has 2 heterocycles. The molecule has 0 saturated heterocycles. The summed E-state index contributed by atoms with van der Waals surface area (Å²) in [5.41, 5.74) is 2.63. The van der Waals surface area contributed by atoms with E-state index in [4.69, 9.17) is 4.74 Å². The number of benzene rings is 1. The number of fused-ring (bicyclic) bond motifs is 3. The zero-order chi connectivity index (χ0) is 19.5. The summed E-state index contributed by atoms with van der Waals surface area (Å²) < 4.78 is 7.00. The fraction of sp³-hybridized carbons (Fsp3) is 0.455. The summed E-state index contributed by atoms with van der Waals surface area (Å²) in [6.45, 7) is 3.74. The molecule has 0 fully saturated rings. The molecule has 1 aliphatic rings. The summed E-state index contributed by atoms with van der Waals surface area (Å²) in [5, 5.41) is 4.54. The van der Waals surface area contributed by atoms with E-state index in [9.17, 15) is 4.79 Å². The number of ether oxygens (including phenoxy) is 1. The largest absolute Gasteiger partial charge is 0.497 e. The minimum Gasteiger partial charge on any atom is -0.497 e. The second-order valence-electron chi connectivity index (χ2n) is 7.45. The minimum atomic E-state index is 0.139. The Kier molecular flexibility index (Phi) is 5.78. The van der Waals surface area contributed by atoms with E-state index >= 15 is 0 Å². The van der Waals surface area contributed by atoms with Crippen molar-refractivity contribution in [2.24, 2.45) is 0 Å². The van der Waals surface area contributed by atoms with Gasteiger partial charge in [-0.05, 0) is 48.9 Å². The molecule has 28 heavy (non-hydrogen) atoms. The maximum absolute atomic E-state index is 12.9. The highest BCUT2D eigenvalue weighted by Crippen LogP contribution is 2.33. The van der Waals surface area contributed by atoms with Gasteiger partial charge in [-0.3, -0.25) is 9.36 Å². The average molecular weight is 398 g/mol. The molecule has 0 aliphatic heterocycles. The van der Waals surface area contributed by atoms with Gasteiger partial charge in [0.1, 0.15) is 10.6 Å². The Morgan fingerprint density at radius 3 is 2.89 bits per heavy atom. The normalized spacial score (nSPS) is 16.3. The molecule has 1 aromatic carbocycles.